The number of aromatic nitrogens is 2. The molecule has 1 aliphatic heterocycles. The molecular weight excluding hydrogens is 274 g/mol. The Balaban J connectivity index is 0.00000147. The van der Waals surface area contributed by atoms with Gasteiger partial charge < -0.3 is 10.1 Å². The van der Waals surface area contributed by atoms with Gasteiger partial charge in [-0.3, -0.25) is 0 Å². The third kappa shape index (κ3) is 2.82. The number of hydrogen-bond acceptors (Lipinski definition) is 4. The van der Waals surface area contributed by atoms with Gasteiger partial charge in [0.2, 0.25) is 0 Å². The molecule has 0 radical (unpaired) electrons. The van der Waals surface area contributed by atoms with Crippen LogP contribution in [0.5, 0.6) is 0 Å². The quantitative estimate of drug-likeness (QED) is 0.943. The zero-order valence-electron chi connectivity index (χ0n) is 11.4. The summed E-state index contributed by atoms with van der Waals surface area (Å²) in [6.07, 6.45) is 4.46. The first-order valence-corrected chi connectivity index (χ1v) is 6.54. The van der Waals surface area contributed by atoms with Crippen molar-refractivity contribution in [3.05, 3.63) is 47.9 Å². The highest BCUT2D eigenvalue weighted by atomic mass is 35.5. The Labute approximate surface area is 125 Å². The van der Waals surface area contributed by atoms with Gasteiger partial charge in [-0.1, -0.05) is 18.2 Å². The lowest BCUT2D eigenvalue weighted by atomic mass is 9.91. The number of halogens is 1. The molecule has 2 aromatic rings. The maximum atomic E-state index is 5.84. The summed E-state index contributed by atoms with van der Waals surface area (Å²) < 4.78 is 5.84. The van der Waals surface area contributed by atoms with Crippen LogP contribution in [0.3, 0.4) is 0 Å². The molecule has 1 N–H and O–H groups in total. The molecule has 5 heteroatoms. The summed E-state index contributed by atoms with van der Waals surface area (Å²) >= 11 is 0. The number of ether oxygens (including phenoxy) is 1. The summed E-state index contributed by atoms with van der Waals surface area (Å²) in [4.78, 5) is 8.34. The number of nitrogens with one attached hydrogen (secondary N) is 1. The summed E-state index contributed by atoms with van der Waals surface area (Å²) in [5.74, 6) is 0. The fourth-order valence-electron chi connectivity index (χ4n) is 2.62. The second kappa shape index (κ2) is 6.79. The second-order valence-corrected chi connectivity index (χ2v) is 4.64. The van der Waals surface area contributed by atoms with Crippen LogP contribution in [-0.2, 0) is 11.2 Å². The molecule has 0 amide bonds. The number of rotatable bonds is 3. The molecule has 1 aromatic carbocycles. The molecule has 3 rings (SSSR count). The normalized spacial score (nSPS) is 17.1. The molecule has 0 unspecified atom stereocenters. The Morgan fingerprint density at radius 2 is 2.25 bits per heavy atom. The molecule has 2 heterocycles. The van der Waals surface area contributed by atoms with Gasteiger partial charge in [-0.25, -0.2) is 9.97 Å². The number of benzene rings is 1. The lowest BCUT2D eigenvalue weighted by molar-refractivity contribution is 0.0440. The maximum Gasteiger partial charge on any atom is 0.116 e. The maximum absolute atomic E-state index is 5.84. The first-order valence-electron chi connectivity index (χ1n) is 6.54. The molecule has 0 aliphatic carbocycles. The van der Waals surface area contributed by atoms with Crippen LogP contribution >= 0.6 is 12.4 Å². The predicted octanol–water partition coefficient (Wildman–Crippen LogP) is 2.40. The van der Waals surface area contributed by atoms with Crippen molar-refractivity contribution < 1.29 is 4.74 Å². The van der Waals surface area contributed by atoms with Crippen LogP contribution in [0.15, 0.2) is 36.8 Å². The topological polar surface area (TPSA) is 47.0 Å². The van der Waals surface area contributed by atoms with Crippen molar-refractivity contribution in [2.45, 2.75) is 12.5 Å². The largest absolute Gasteiger partial charge is 0.372 e. The molecule has 1 atom stereocenters. The van der Waals surface area contributed by atoms with E-state index in [4.69, 9.17) is 4.74 Å². The number of nitrogens with zero attached hydrogens (tertiary/aromatic N) is 2. The Morgan fingerprint density at radius 1 is 1.35 bits per heavy atom. The van der Waals surface area contributed by atoms with Crippen molar-refractivity contribution in [3.63, 3.8) is 0 Å². The van der Waals surface area contributed by atoms with E-state index in [0.29, 0.717) is 0 Å². The first-order chi connectivity index (χ1) is 9.40. The Hall–Kier alpha value is -1.49. The molecule has 1 aliphatic rings. The Kier molecular flexibility index (Phi) is 5.06. The van der Waals surface area contributed by atoms with Gasteiger partial charge in [0.05, 0.1) is 18.4 Å². The SMILES string of the molecule is CNC[C@H]1OCCc2c(-c3ccncn3)cccc21.Cl. The highest BCUT2D eigenvalue weighted by molar-refractivity contribution is 5.85. The minimum Gasteiger partial charge on any atom is -0.372 e. The monoisotopic (exact) mass is 291 g/mol. The van der Waals surface area contributed by atoms with Gasteiger partial charge in [-0.05, 0) is 30.7 Å². The summed E-state index contributed by atoms with van der Waals surface area (Å²) in [7, 11) is 1.95. The highest BCUT2D eigenvalue weighted by Crippen LogP contribution is 2.33. The molecular formula is C15H18ClN3O. The summed E-state index contributed by atoms with van der Waals surface area (Å²) in [6.45, 7) is 1.60. The smallest absolute Gasteiger partial charge is 0.116 e. The summed E-state index contributed by atoms with van der Waals surface area (Å²) in [6, 6.07) is 8.32. The van der Waals surface area contributed by atoms with Crippen molar-refractivity contribution in [3.8, 4) is 11.3 Å². The van der Waals surface area contributed by atoms with E-state index in [0.717, 1.165) is 25.3 Å². The molecule has 106 valence electrons. The molecule has 0 bridgehead atoms. The zero-order chi connectivity index (χ0) is 13.1. The van der Waals surface area contributed by atoms with E-state index in [1.54, 1.807) is 12.5 Å². The van der Waals surface area contributed by atoms with Gasteiger partial charge in [-0.2, -0.15) is 0 Å². The van der Waals surface area contributed by atoms with E-state index in [-0.39, 0.29) is 18.5 Å². The van der Waals surface area contributed by atoms with E-state index in [9.17, 15) is 0 Å². The minimum atomic E-state index is 0. The Bertz CT molecular complexity index is 562. The van der Waals surface area contributed by atoms with Gasteiger partial charge in [-0.15, -0.1) is 12.4 Å². The minimum absolute atomic E-state index is 0. The van der Waals surface area contributed by atoms with Crippen molar-refractivity contribution in [2.75, 3.05) is 20.2 Å². The van der Waals surface area contributed by atoms with Gasteiger partial charge in [0.25, 0.3) is 0 Å². The lowest BCUT2D eigenvalue weighted by Gasteiger charge is -2.27. The molecule has 20 heavy (non-hydrogen) atoms. The number of hydrogen-bond donors (Lipinski definition) is 1. The molecule has 4 nitrogen and oxygen atoms in total. The van der Waals surface area contributed by atoms with Crippen molar-refractivity contribution >= 4 is 12.4 Å². The van der Waals surface area contributed by atoms with Crippen LogP contribution in [-0.4, -0.2) is 30.2 Å². The van der Waals surface area contributed by atoms with E-state index >= 15 is 0 Å². The number of likely N-dealkylation sites (N-methyl/N-ethyl adjacent to an activating group) is 1. The van der Waals surface area contributed by atoms with Gasteiger partial charge >= 0.3 is 0 Å². The molecule has 0 saturated carbocycles. The van der Waals surface area contributed by atoms with E-state index in [1.807, 2.05) is 13.1 Å². The third-order valence-electron chi connectivity index (χ3n) is 3.48. The van der Waals surface area contributed by atoms with Gasteiger partial charge in [0.1, 0.15) is 6.33 Å². The summed E-state index contributed by atoms with van der Waals surface area (Å²) in [5, 5.41) is 3.19. The van der Waals surface area contributed by atoms with Gasteiger partial charge in [0.15, 0.2) is 0 Å². The second-order valence-electron chi connectivity index (χ2n) is 4.64. The fraction of sp³-hybridized carbons (Fsp3) is 0.333. The average molecular weight is 292 g/mol. The van der Waals surface area contributed by atoms with E-state index in [2.05, 4.69) is 33.5 Å². The van der Waals surface area contributed by atoms with Crippen LogP contribution in [0.1, 0.15) is 17.2 Å². The van der Waals surface area contributed by atoms with Gasteiger partial charge in [0, 0.05) is 18.3 Å². The molecule has 0 saturated heterocycles. The number of fused-ring (bicyclic) bond motifs is 1. The van der Waals surface area contributed by atoms with Crippen LogP contribution < -0.4 is 5.32 Å². The highest BCUT2D eigenvalue weighted by Gasteiger charge is 2.22. The van der Waals surface area contributed by atoms with Crippen LogP contribution in [0.25, 0.3) is 11.3 Å². The molecule has 0 fully saturated rings. The fourth-order valence-corrected chi connectivity index (χ4v) is 2.62. The summed E-state index contributed by atoms with van der Waals surface area (Å²) in [5.41, 5.74) is 4.81. The van der Waals surface area contributed by atoms with Crippen LogP contribution in [0, 0.1) is 0 Å². The molecule has 0 spiro atoms. The van der Waals surface area contributed by atoms with Crippen LogP contribution in [0.4, 0.5) is 0 Å². The molecule has 1 aromatic heterocycles. The zero-order valence-corrected chi connectivity index (χ0v) is 12.2. The Morgan fingerprint density at radius 3 is 3.00 bits per heavy atom. The first kappa shape index (κ1) is 14.9. The van der Waals surface area contributed by atoms with Crippen molar-refractivity contribution in [1.29, 1.82) is 0 Å². The van der Waals surface area contributed by atoms with Crippen molar-refractivity contribution in [1.82, 2.24) is 15.3 Å². The van der Waals surface area contributed by atoms with E-state index in [1.165, 1.54) is 16.7 Å². The van der Waals surface area contributed by atoms with Crippen molar-refractivity contribution in [2.24, 2.45) is 0 Å². The standard InChI is InChI=1S/C15H17N3O.ClH/c1-16-9-15-13-4-2-3-12(11(13)6-8-19-15)14-5-7-17-10-18-14;/h2-5,7,10,15-16H,6,8-9H2,1H3;1H/t15-;/m1./s1. The third-order valence-corrected chi connectivity index (χ3v) is 3.48. The average Bonchev–Trinajstić information content (AvgIpc) is 2.48. The lowest BCUT2D eigenvalue weighted by Crippen LogP contribution is -2.25. The predicted molar refractivity (Wildman–Crippen MR) is 81.0 cm³/mol. The van der Waals surface area contributed by atoms with Crippen LogP contribution in [0.2, 0.25) is 0 Å². The van der Waals surface area contributed by atoms with E-state index < -0.39 is 0 Å².